The van der Waals surface area contributed by atoms with E-state index in [0.717, 1.165) is 32.1 Å². The van der Waals surface area contributed by atoms with Crippen molar-refractivity contribution < 1.29 is 8.42 Å². The predicted octanol–water partition coefficient (Wildman–Crippen LogP) is 1.74. The first kappa shape index (κ1) is 12.2. The van der Waals surface area contributed by atoms with Crippen LogP contribution in [0.3, 0.4) is 0 Å². The van der Waals surface area contributed by atoms with Gasteiger partial charge < -0.3 is 5.73 Å². The van der Waals surface area contributed by atoms with Gasteiger partial charge in [0, 0.05) is 6.20 Å². The molecule has 94 valence electrons. The van der Waals surface area contributed by atoms with Crippen LogP contribution in [0.4, 0.5) is 11.4 Å². The Morgan fingerprint density at radius 3 is 2.65 bits per heavy atom. The molecule has 0 saturated heterocycles. The summed E-state index contributed by atoms with van der Waals surface area (Å²) >= 11 is 0. The lowest BCUT2D eigenvalue weighted by Crippen LogP contribution is -2.30. The third-order valence-electron chi connectivity index (χ3n) is 3.10. The minimum absolute atomic E-state index is 0.288. The molecule has 1 aromatic heterocycles. The van der Waals surface area contributed by atoms with Crippen LogP contribution < -0.4 is 10.5 Å². The van der Waals surface area contributed by atoms with Gasteiger partial charge in [0.15, 0.2) is 0 Å². The molecule has 0 radical (unpaired) electrons. The molecule has 0 amide bonds. The van der Waals surface area contributed by atoms with Gasteiger partial charge in [-0.1, -0.05) is 19.3 Å². The molecule has 2 rings (SSSR count). The summed E-state index contributed by atoms with van der Waals surface area (Å²) in [5.74, 6) is 0. The smallest absolute Gasteiger partial charge is 0.235 e. The number of nitrogens with two attached hydrogens (primary N) is 1. The Labute approximate surface area is 101 Å². The summed E-state index contributed by atoms with van der Waals surface area (Å²) in [7, 11) is -3.32. The molecule has 1 aromatic rings. The summed E-state index contributed by atoms with van der Waals surface area (Å²) in [5, 5.41) is -0.288. The van der Waals surface area contributed by atoms with E-state index in [1.54, 1.807) is 6.07 Å². The Kier molecular flexibility index (Phi) is 3.51. The molecule has 0 atom stereocenters. The van der Waals surface area contributed by atoms with E-state index >= 15 is 0 Å². The zero-order valence-electron chi connectivity index (χ0n) is 9.59. The van der Waals surface area contributed by atoms with E-state index in [2.05, 4.69) is 9.71 Å². The Morgan fingerprint density at radius 2 is 2.00 bits per heavy atom. The van der Waals surface area contributed by atoms with Crippen molar-refractivity contribution in [2.24, 2.45) is 0 Å². The molecular formula is C11H17N3O2S. The van der Waals surface area contributed by atoms with E-state index in [9.17, 15) is 8.42 Å². The maximum atomic E-state index is 12.1. The number of nitrogen functional groups attached to an aromatic ring is 1. The van der Waals surface area contributed by atoms with E-state index in [4.69, 9.17) is 5.73 Å². The normalized spacial score (nSPS) is 17.9. The highest BCUT2D eigenvalue weighted by Crippen LogP contribution is 2.26. The van der Waals surface area contributed by atoms with E-state index < -0.39 is 10.0 Å². The van der Waals surface area contributed by atoms with Gasteiger partial charge in [-0.15, -0.1) is 0 Å². The van der Waals surface area contributed by atoms with Gasteiger partial charge in [0.25, 0.3) is 0 Å². The molecule has 17 heavy (non-hydrogen) atoms. The van der Waals surface area contributed by atoms with Crippen LogP contribution in [0.15, 0.2) is 18.5 Å². The second kappa shape index (κ2) is 4.91. The summed E-state index contributed by atoms with van der Waals surface area (Å²) in [6.07, 6.45) is 7.53. The van der Waals surface area contributed by atoms with Gasteiger partial charge in [-0.05, 0) is 18.9 Å². The van der Waals surface area contributed by atoms with Crippen LogP contribution in [0.2, 0.25) is 0 Å². The number of aromatic nitrogens is 1. The van der Waals surface area contributed by atoms with E-state index in [1.165, 1.54) is 12.4 Å². The first-order valence-electron chi connectivity index (χ1n) is 5.81. The molecule has 0 unspecified atom stereocenters. The van der Waals surface area contributed by atoms with Crippen molar-refractivity contribution in [2.75, 3.05) is 10.5 Å². The van der Waals surface area contributed by atoms with Gasteiger partial charge in [-0.25, -0.2) is 8.42 Å². The van der Waals surface area contributed by atoms with Crippen molar-refractivity contribution in [1.82, 2.24) is 4.98 Å². The number of nitrogens with zero attached hydrogens (tertiary/aromatic N) is 1. The third kappa shape index (κ3) is 2.88. The number of nitrogens with one attached hydrogen (secondary N) is 1. The molecule has 0 aliphatic heterocycles. The number of sulfonamides is 1. The van der Waals surface area contributed by atoms with Gasteiger partial charge >= 0.3 is 0 Å². The van der Waals surface area contributed by atoms with Crippen molar-refractivity contribution in [3.63, 3.8) is 0 Å². The summed E-state index contributed by atoms with van der Waals surface area (Å²) in [5.41, 5.74) is 6.44. The zero-order chi connectivity index (χ0) is 12.3. The first-order valence-corrected chi connectivity index (χ1v) is 7.35. The molecule has 3 N–H and O–H groups in total. The topological polar surface area (TPSA) is 85.1 Å². The van der Waals surface area contributed by atoms with Crippen LogP contribution in [-0.2, 0) is 10.0 Å². The Morgan fingerprint density at radius 1 is 1.29 bits per heavy atom. The number of rotatable bonds is 3. The zero-order valence-corrected chi connectivity index (χ0v) is 10.4. The fraction of sp³-hybridized carbons (Fsp3) is 0.545. The van der Waals surface area contributed by atoms with Crippen molar-refractivity contribution in [3.05, 3.63) is 18.5 Å². The van der Waals surface area contributed by atoms with Crippen molar-refractivity contribution in [2.45, 2.75) is 37.4 Å². The first-order chi connectivity index (χ1) is 8.09. The molecule has 1 aliphatic carbocycles. The molecule has 1 heterocycles. The highest BCUT2D eigenvalue weighted by Gasteiger charge is 2.27. The van der Waals surface area contributed by atoms with E-state index in [1.807, 2.05) is 0 Å². The largest absolute Gasteiger partial charge is 0.396 e. The van der Waals surface area contributed by atoms with Crippen LogP contribution in [0.5, 0.6) is 0 Å². The number of hydrogen-bond acceptors (Lipinski definition) is 4. The molecule has 0 aromatic carbocycles. The van der Waals surface area contributed by atoms with Crippen LogP contribution in [0.1, 0.15) is 32.1 Å². The molecule has 0 spiro atoms. The molecule has 5 nitrogen and oxygen atoms in total. The number of anilines is 2. The molecule has 0 bridgehead atoms. The van der Waals surface area contributed by atoms with Crippen LogP contribution in [0.25, 0.3) is 0 Å². The van der Waals surface area contributed by atoms with E-state index in [-0.39, 0.29) is 5.25 Å². The Hall–Kier alpha value is -1.30. The molecule has 1 aliphatic rings. The summed E-state index contributed by atoms with van der Waals surface area (Å²) in [6.45, 7) is 0. The van der Waals surface area contributed by atoms with Crippen molar-refractivity contribution in [1.29, 1.82) is 0 Å². The Balaban J connectivity index is 2.14. The highest BCUT2D eigenvalue weighted by atomic mass is 32.2. The van der Waals surface area contributed by atoms with E-state index in [0.29, 0.717) is 11.4 Å². The van der Waals surface area contributed by atoms with Crippen LogP contribution in [0, 0.1) is 0 Å². The summed E-state index contributed by atoms with van der Waals surface area (Å²) < 4.78 is 26.8. The second-order valence-corrected chi connectivity index (χ2v) is 6.33. The van der Waals surface area contributed by atoms with Gasteiger partial charge in [0.1, 0.15) is 0 Å². The number of pyridine rings is 1. The quantitative estimate of drug-likeness (QED) is 0.861. The maximum Gasteiger partial charge on any atom is 0.235 e. The summed E-state index contributed by atoms with van der Waals surface area (Å²) in [4.78, 5) is 3.83. The summed E-state index contributed by atoms with van der Waals surface area (Å²) in [6, 6.07) is 1.58. The van der Waals surface area contributed by atoms with Crippen molar-refractivity contribution >= 4 is 21.4 Å². The van der Waals surface area contributed by atoms with Crippen molar-refractivity contribution in [3.8, 4) is 0 Å². The molecule has 1 fully saturated rings. The van der Waals surface area contributed by atoms with Gasteiger partial charge in [0.2, 0.25) is 10.0 Å². The lowest BCUT2D eigenvalue weighted by atomic mass is 10.0. The SMILES string of the molecule is Nc1cnccc1NS(=O)(=O)C1CCCCC1. The average molecular weight is 255 g/mol. The highest BCUT2D eigenvalue weighted by molar-refractivity contribution is 7.93. The lowest BCUT2D eigenvalue weighted by molar-refractivity contribution is 0.486. The fourth-order valence-electron chi connectivity index (χ4n) is 2.11. The van der Waals surface area contributed by atoms with Gasteiger partial charge in [0.05, 0.1) is 22.8 Å². The maximum absolute atomic E-state index is 12.1. The molecule has 6 heteroatoms. The van der Waals surface area contributed by atoms with Gasteiger partial charge in [-0.2, -0.15) is 0 Å². The standard InChI is InChI=1S/C11H17N3O2S/c12-10-8-13-7-6-11(10)14-17(15,16)9-4-2-1-3-5-9/h6-9H,1-5,12H2,(H,13,14). The average Bonchev–Trinajstić information content (AvgIpc) is 2.33. The third-order valence-corrected chi connectivity index (χ3v) is 4.95. The monoisotopic (exact) mass is 255 g/mol. The predicted molar refractivity (Wildman–Crippen MR) is 68.1 cm³/mol. The molecule has 1 saturated carbocycles. The van der Waals surface area contributed by atoms with Gasteiger partial charge in [-0.3, -0.25) is 9.71 Å². The lowest BCUT2D eigenvalue weighted by Gasteiger charge is -2.22. The minimum atomic E-state index is -3.32. The number of hydrogen-bond donors (Lipinski definition) is 2. The fourth-order valence-corrected chi connectivity index (χ4v) is 3.72. The molecular weight excluding hydrogens is 238 g/mol. The minimum Gasteiger partial charge on any atom is -0.396 e. The van der Waals surface area contributed by atoms with Crippen LogP contribution in [-0.4, -0.2) is 18.7 Å². The Bertz CT molecular complexity index is 481. The second-order valence-electron chi connectivity index (χ2n) is 4.37. The van der Waals surface area contributed by atoms with Crippen LogP contribution >= 0.6 is 0 Å².